The van der Waals surface area contributed by atoms with E-state index in [1.165, 1.54) is 11.3 Å². The van der Waals surface area contributed by atoms with E-state index in [0.29, 0.717) is 4.96 Å². The van der Waals surface area contributed by atoms with Gasteiger partial charge >= 0.3 is 0 Å². The molecule has 0 N–H and O–H groups in total. The molecule has 0 amide bonds. The van der Waals surface area contributed by atoms with Gasteiger partial charge in [-0.05, 0) is 5.56 Å². The molecule has 0 atom stereocenters. The highest BCUT2D eigenvalue weighted by Crippen LogP contribution is 2.34. The fourth-order valence-corrected chi connectivity index (χ4v) is 4.40. The Morgan fingerprint density at radius 2 is 1.21 bits per heavy atom. The third kappa shape index (κ3) is 2.84. The molecule has 28 heavy (non-hydrogen) atoms. The predicted octanol–water partition coefficient (Wildman–Crippen LogP) is 5.76. The van der Waals surface area contributed by atoms with Gasteiger partial charge in [0.1, 0.15) is 0 Å². The third-order valence-corrected chi connectivity index (χ3v) is 5.71. The molecule has 0 aliphatic carbocycles. The van der Waals surface area contributed by atoms with Crippen molar-refractivity contribution in [1.82, 2.24) is 9.38 Å². The number of imidazole rings is 1. The Kier molecular flexibility index (Phi) is 4.11. The maximum absolute atomic E-state index is 13.1. The van der Waals surface area contributed by atoms with Crippen molar-refractivity contribution in [2.45, 2.75) is 0 Å². The number of benzene rings is 3. The zero-order valence-electron chi connectivity index (χ0n) is 14.9. The van der Waals surface area contributed by atoms with E-state index in [2.05, 4.69) is 0 Å². The summed E-state index contributed by atoms with van der Waals surface area (Å²) in [4.78, 5) is 19.6. The maximum atomic E-state index is 13.1. The van der Waals surface area contributed by atoms with Crippen LogP contribution in [0.3, 0.4) is 0 Å². The minimum Gasteiger partial charge on any atom is -0.269 e. The molecule has 0 saturated carbocycles. The smallest absolute Gasteiger partial charge is 0.258 e. The first kappa shape index (κ1) is 16.7. The summed E-state index contributed by atoms with van der Waals surface area (Å²) in [5, 5.41) is 0. The summed E-state index contributed by atoms with van der Waals surface area (Å²) in [5.41, 5.74) is 4.59. The fraction of sp³-hybridized carbons (Fsp3) is 0. The Labute approximate surface area is 166 Å². The fourth-order valence-electron chi connectivity index (χ4n) is 3.38. The van der Waals surface area contributed by atoms with Gasteiger partial charge in [0.05, 0.1) is 11.4 Å². The molecule has 0 fully saturated rings. The summed E-state index contributed by atoms with van der Waals surface area (Å²) in [6, 6.07) is 31.7. The van der Waals surface area contributed by atoms with E-state index in [1.54, 1.807) is 10.5 Å². The van der Waals surface area contributed by atoms with Gasteiger partial charge in [-0.1, -0.05) is 102 Å². The van der Waals surface area contributed by atoms with Gasteiger partial charge in [0.25, 0.3) is 5.56 Å². The molecule has 3 aromatic carbocycles. The van der Waals surface area contributed by atoms with Crippen LogP contribution in [-0.2, 0) is 0 Å². The average Bonchev–Trinajstić information content (AvgIpc) is 3.16. The Bertz CT molecular complexity index is 1310. The van der Waals surface area contributed by atoms with Crippen molar-refractivity contribution < 1.29 is 0 Å². The highest BCUT2D eigenvalue weighted by atomic mass is 32.1. The third-order valence-electron chi connectivity index (χ3n) is 4.68. The molecule has 0 bridgehead atoms. The largest absolute Gasteiger partial charge is 0.269 e. The van der Waals surface area contributed by atoms with Crippen LogP contribution in [-0.4, -0.2) is 9.38 Å². The van der Waals surface area contributed by atoms with Crippen LogP contribution in [0.25, 0.3) is 37.9 Å². The standard InChI is InChI=1S/C24H16N2OS/c27-21-16-20(17-10-4-1-5-11-17)28-24-25-22(18-12-6-2-7-13-18)23(26(21)24)19-14-8-3-9-15-19/h1-16H. The number of nitrogens with zero attached hydrogens (tertiary/aromatic N) is 2. The Hall–Kier alpha value is -3.50. The Morgan fingerprint density at radius 3 is 1.82 bits per heavy atom. The van der Waals surface area contributed by atoms with Crippen molar-refractivity contribution in [3.8, 4) is 33.0 Å². The second-order valence-electron chi connectivity index (χ2n) is 6.47. The molecule has 0 radical (unpaired) electrons. The van der Waals surface area contributed by atoms with Crippen LogP contribution >= 0.6 is 11.3 Å². The Balaban J connectivity index is 1.84. The number of rotatable bonds is 3. The first-order valence-corrected chi connectivity index (χ1v) is 9.86. The molecule has 0 saturated heterocycles. The lowest BCUT2D eigenvalue weighted by Crippen LogP contribution is -2.11. The second kappa shape index (κ2) is 6.91. The van der Waals surface area contributed by atoms with E-state index >= 15 is 0 Å². The van der Waals surface area contributed by atoms with Crippen molar-refractivity contribution >= 4 is 16.3 Å². The van der Waals surface area contributed by atoms with Crippen LogP contribution in [0.1, 0.15) is 0 Å². The lowest BCUT2D eigenvalue weighted by atomic mass is 10.1. The van der Waals surface area contributed by atoms with E-state index in [0.717, 1.165) is 33.0 Å². The van der Waals surface area contributed by atoms with E-state index in [9.17, 15) is 4.79 Å². The van der Waals surface area contributed by atoms with Crippen LogP contribution < -0.4 is 5.56 Å². The summed E-state index contributed by atoms with van der Waals surface area (Å²) in [6.07, 6.45) is 0. The molecule has 0 unspecified atom stereocenters. The van der Waals surface area contributed by atoms with Crippen molar-refractivity contribution in [3.05, 3.63) is 107 Å². The van der Waals surface area contributed by atoms with Crippen LogP contribution in [0.2, 0.25) is 0 Å². The van der Waals surface area contributed by atoms with Crippen molar-refractivity contribution in [1.29, 1.82) is 0 Å². The number of hydrogen-bond donors (Lipinski definition) is 0. The minimum absolute atomic E-state index is 0.0684. The van der Waals surface area contributed by atoms with Crippen LogP contribution in [0.4, 0.5) is 0 Å². The summed E-state index contributed by atoms with van der Waals surface area (Å²) in [5.74, 6) is 0. The maximum Gasteiger partial charge on any atom is 0.258 e. The molecule has 2 aromatic heterocycles. The molecule has 0 aliphatic rings. The minimum atomic E-state index is -0.0684. The monoisotopic (exact) mass is 380 g/mol. The summed E-state index contributed by atoms with van der Waals surface area (Å²) in [6.45, 7) is 0. The van der Waals surface area contributed by atoms with E-state index < -0.39 is 0 Å². The van der Waals surface area contributed by atoms with E-state index in [4.69, 9.17) is 4.98 Å². The molecule has 5 aromatic rings. The zero-order chi connectivity index (χ0) is 18.9. The summed E-state index contributed by atoms with van der Waals surface area (Å²) < 4.78 is 1.73. The zero-order valence-corrected chi connectivity index (χ0v) is 15.8. The van der Waals surface area contributed by atoms with Gasteiger partial charge in [0, 0.05) is 22.1 Å². The first-order chi connectivity index (χ1) is 13.8. The van der Waals surface area contributed by atoms with Crippen molar-refractivity contribution in [2.24, 2.45) is 0 Å². The van der Waals surface area contributed by atoms with E-state index in [1.807, 2.05) is 91.0 Å². The highest BCUT2D eigenvalue weighted by molar-refractivity contribution is 7.20. The van der Waals surface area contributed by atoms with Crippen LogP contribution in [0.5, 0.6) is 0 Å². The Morgan fingerprint density at radius 1 is 0.679 bits per heavy atom. The molecule has 0 spiro atoms. The SMILES string of the molecule is O=c1cc(-c2ccccc2)sc2nc(-c3ccccc3)c(-c3ccccc3)n12. The topological polar surface area (TPSA) is 34.4 Å². The normalized spacial score (nSPS) is 11.0. The summed E-state index contributed by atoms with van der Waals surface area (Å²) in [7, 11) is 0. The lowest BCUT2D eigenvalue weighted by molar-refractivity contribution is 1.14. The van der Waals surface area contributed by atoms with Crippen LogP contribution in [0, 0.1) is 0 Å². The molecule has 0 aliphatic heterocycles. The summed E-state index contributed by atoms with van der Waals surface area (Å²) >= 11 is 1.53. The molecule has 3 nitrogen and oxygen atoms in total. The molecule has 134 valence electrons. The van der Waals surface area contributed by atoms with Gasteiger partial charge in [-0.3, -0.25) is 4.79 Å². The van der Waals surface area contributed by atoms with Crippen molar-refractivity contribution in [3.63, 3.8) is 0 Å². The number of fused-ring (bicyclic) bond motifs is 1. The van der Waals surface area contributed by atoms with Gasteiger partial charge < -0.3 is 0 Å². The number of hydrogen-bond acceptors (Lipinski definition) is 3. The second-order valence-corrected chi connectivity index (χ2v) is 7.48. The van der Waals surface area contributed by atoms with E-state index in [-0.39, 0.29) is 5.56 Å². The predicted molar refractivity (Wildman–Crippen MR) is 116 cm³/mol. The first-order valence-electron chi connectivity index (χ1n) is 9.04. The molecule has 2 heterocycles. The molecular formula is C24H16N2OS. The molecule has 4 heteroatoms. The highest BCUT2D eigenvalue weighted by Gasteiger charge is 2.19. The van der Waals surface area contributed by atoms with Crippen LogP contribution in [0.15, 0.2) is 102 Å². The van der Waals surface area contributed by atoms with Gasteiger partial charge in [0.15, 0.2) is 4.96 Å². The van der Waals surface area contributed by atoms with Gasteiger partial charge in [-0.25, -0.2) is 9.38 Å². The molecule has 5 rings (SSSR count). The van der Waals surface area contributed by atoms with Gasteiger partial charge in [0.2, 0.25) is 0 Å². The van der Waals surface area contributed by atoms with Gasteiger partial charge in [-0.15, -0.1) is 0 Å². The number of aromatic nitrogens is 2. The average molecular weight is 380 g/mol. The molecular weight excluding hydrogens is 364 g/mol. The van der Waals surface area contributed by atoms with Gasteiger partial charge in [-0.2, -0.15) is 0 Å². The lowest BCUT2D eigenvalue weighted by Gasteiger charge is -2.06. The quantitative estimate of drug-likeness (QED) is 0.399. The van der Waals surface area contributed by atoms with Crippen molar-refractivity contribution in [2.75, 3.05) is 0 Å².